The van der Waals surface area contributed by atoms with E-state index in [1.54, 1.807) is 72.8 Å². The minimum atomic E-state index is -1.30. The van der Waals surface area contributed by atoms with Gasteiger partial charge in [0.05, 0.1) is 0 Å². The lowest BCUT2D eigenvalue weighted by Crippen LogP contribution is -2.52. The molecule has 5 aromatic rings. The molecule has 8 nitrogen and oxygen atoms in total. The normalized spacial score (nSPS) is 16.7. The Morgan fingerprint density at radius 1 is 0.844 bits per heavy atom. The van der Waals surface area contributed by atoms with Crippen LogP contribution < -0.4 is 0 Å². The highest BCUT2D eigenvalue weighted by atomic mass is 35.5. The van der Waals surface area contributed by atoms with Crippen LogP contribution in [0.2, 0.25) is 5.02 Å². The topological polar surface area (TPSA) is 124 Å². The summed E-state index contributed by atoms with van der Waals surface area (Å²) in [5, 5.41) is 36.6. The van der Waals surface area contributed by atoms with Gasteiger partial charge >= 0.3 is 11.9 Å². The van der Waals surface area contributed by atoms with Crippen LogP contribution in [0.4, 0.5) is 0 Å². The number of likely N-dealkylation sites (N-methyl/N-ethyl adjacent to an activating group) is 1. The van der Waals surface area contributed by atoms with Crippen LogP contribution in [-0.4, -0.2) is 45.2 Å². The Labute approximate surface area is 264 Å². The van der Waals surface area contributed by atoms with Crippen molar-refractivity contribution in [2.45, 2.75) is 37.6 Å². The van der Waals surface area contributed by atoms with E-state index in [1.165, 1.54) is 24.2 Å². The Balaban J connectivity index is 1.45. The number of carbonyl (C=O) groups is 3. The maximum Gasteiger partial charge on any atom is 0.360 e. The largest absolute Gasteiger partial charge is 0.507 e. The first-order valence-electron chi connectivity index (χ1n) is 14.6. The lowest BCUT2D eigenvalue weighted by molar-refractivity contribution is -0.182. The fourth-order valence-corrected chi connectivity index (χ4v) is 6.82. The van der Waals surface area contributed by atoms with Crippen LogP contribution in [0.15, 0.2) is 84.9 Å². The summed E-state index contributed by atoms with van der Waals surface area (Å²) in [4.78, 5) is 45.3. The van der Waals surface area contributed by atoms with E-state index in [0.29, 0.717) is 62.5 Å². The van der Waals surface area contributed by atoms with Gasteiger partial charge in [0.2, 0.25) is 0 Å². The molecule has 0 amide bonds. The first-order valence-corrected chi connectivity index (χ1v) is 15.0. The standard InChI is InChI=1S/C36H30ClNO7/c1-38(36(17-9-8-16-31(36)39)29-14-6-7-15-30(29)37)45-35(44)28-19-22-11-3-5-13-24(22)26(33(28)41)20-25-23-12-4-2-10-21(23)18-27(32(25)40)34(42)43/h2-7,10-15,18-19,40-41H,8-9,16-17,20H2,1H3,(H,42,43). The second-order valence-corrected chi connectivity index (χ2v) is 11.7. The van der Waals surface area contributed by atoms with Crippen molar-refractivity contribution < 1.29 is 34.5 Å². The van der Waals surface area contributed by atoms with E-state index in [4.69, 9.17) is 16.4 Å². The number of halogens is 1. The molecule has 1 fully saturated rings. The number of carbonyl (C=O) groups excluding carboxylic acids is 2. The van der Waals surface area contributed by atoms with E-state index in [2.05, 4.69) is 0 Å². The number of nitrogens with zero attached hydrogens (tertiary/aromatic N) is 1. The molecule has 0 heterocycles. The Morgan fingerprint density at radius 3 is 2.00 bits per heavy atom. The van der Waals surface area contributed by atoms with Gasteiger partial charge in [0, 0.05) is 41.6 Å². The van der Waals surface area contributed by atoms with Crippen LogP contribution in [0.1, 0.15) is 63.1 Å². The third kappa shape index (κ3) is 5.16. The average molecular weight is 624 g/mol. The first kappa shape index (κ1) is 30.1. The van der Waals surface area contributed by atoms with E-state index in [1.807, 2.05) is 0 Å². The molecule has 45 heavy (non-hydrogen) atoms. The smallest absolute Gasteiger partial charge is 0.360 e. The van der Waals surface area contributed by atoms with Crippen LogP contribution >= 0.6 is 11.6 Å². The second-order valence-electron chi connectivity index (χ2n) is 11.3. The lowest BCUT2D eigenvalue weighted by Gasteiger charge is -2.42. The van der Waals surface area contributed by atoms with Gasteiger partial charge in [0.25, 0.3) is 0 Å². The second kappa shape index (κ2) is 11.9. The Morgan fingerprint density at radius 2 is 1.40 bits per heavy atom. The van der Waals surface area contributed by atoms with Crippen LogP contribution in [-0.2, 0) is 21.6 Å². The molecule has 228 valence electrons. The van der Waals surface area contributed by atoms with Gasteiger partial charge in [-0.25, -0.2) is 9.59 Å². The van der Waals surface area contributed by atoms with Crippen molar-refractivity contribution in [1.82, 2.24) is 5.06 Å². The van der Waals surface area contributed by atoms with Gasteiger partial charge in [-0.15, -0.1) is 5.06 Å². The summed E-state index contributed by atoms with van der Waals surface area (Å²) < 4.78 is 0. The van der Waals surface area contributed by atoms with E-state index >= 15 is 0 Å². The zero-order chi connectivity index (χ0) is 31.9. The molecule has 1 atom stereocenters. The molecular weight excluding hydrogens is 594 g/mol. The third-order valence-corrected chi connectivity index (χ3v) is 9.12. The molecule has 0 bridgehead atoms. The number of benzene rings is 5. The van der Waals surface area contributed by atoms with Gasteiger partial charge < -0.3 is 20.2 Å². The van der Waals surface area contributed by atoms with Gasteiger partial charge in [0.1, 0.15) is 28.2 Å². The van der Waals surface area contributed by atoms with Gasteiger partial charge in [0.15, 0.2) is 5.78 Å². The zero-order valence-corrected chi connectivity index (χ0v) is 25.2. The summed E-state index contributed by atoms with van der Waals surface area (Å²) in [6, 6.07) is 24.1. The molecule has 1 saturated carbocycles. The predicted molar refractivity (Wildman–Crippen MR) is 171 cm³/mol. The fourth-order valence-electron chi connectivity index (χ4n) is 6.52. The molecule has 0 radical (unpaired) electrons. The molecule has 0 spiro atoms. The maximum absolute atomic E-state index is 13.9. The summed E-state index contributed by atoms with van der Waals surface area (Å²) in [7, 11) is 1.52. The van der Waals surface area contributed by atoms with Crippen molar-refractivity contribution in [3.05, 3.63) is 118 Å². The van der Waals surface area contributed by atoms with E-state index < -0.39 is 23.2 Å². The number of aromatic hydroxyl groups is 2. The van der Waals surface area contributed by atoms with E-state index in [-0.39, 0.29) is 29.1 Å². The highest BCUT2D eigenvalue weighted by molar-refractivity contribution is 6.31. The number of hydroxylamine groups is 2. The number of phenols is 2. The van der Waals surface area contributed by atoms with E-state index in [0.717, 1.165) is 6.42 Å². The van der Waals surface area contributed by atoms with Crippen molar-refractivity contribution in [1.29, 1.82) is 0 Å². The highest BCUT2D eigenvalue weighted by Crippen LogP contribution is 2.43. The number of carboxylic acids is 1. The Hall–Kier alpha value is -4.92. The highest BCUT2D eigenvalue weighted by Gasteiger charge is 2.48. The Kier molecular flexibility index (Phi) is 7.95. The minimum Gasteiger partial charge on any atom is -0.507 e. The Bertz CT molecular complexity index is 2010. The average Bonchev–Trinajstić information content (AvgIpc) is 3.03. The summed E-state index contributed by atoms with van der Waals surface area (Å²) in [6.07, 6.45) is 2.04. The van der Waals surface area contributed by atoms with Crippen LogP contribution in [0.25, 0.3) is 21.5 Å². The number of ketones is 1. The van der Waals surface area contributed by atoms with Crippen LogP contribution in [0.5, 0.6) is 11.5 Å². The summed E-state index contributed by atoms with van der Waals surface area (Å²) in [6.45, 7) is 0. The number of hydrogen-bond donors (Lipinski definition) is 3. The van der Waals surface area contributed by atoms with Crippen molar-refractivity contribution >= 4 is 50.9 Å². The van der Waals surface area contributed by atoms with Crippen molar-refractivity contribution in [2.24, 2.45) is 0 Å². The summed E-state index contributed by atoms with van der Waals surface area (Å²) in [5.41, 5.74) is -0.586. The summed E-state index contributed by atoms with van der Waals surface area (Å²) in [5.74, 6) is -3.10. The molecule has 1 aliphatic rings. The lowest BCUT2D eigenvalue weighted by atomic mass is 9.75. The molecule has 3 N–H and O–H groups in total. The van der Waals surface area contributed by atoms with Gasteiger partial charge in [-0.2, -0.15) is 0 Å². The SMILES string of the molecule is CN(OC(=O)c1cc2ccccc2c(Cc2c(O)c(C(=O)O)cc3ccccc23)c1O)C1(c2ccccc2Cl)CCCCC1=O. The monoisotopic (exact) mass is 623 g/mol. The van der Waals surface area contributed by atoms with E-state index in [9.17, 15) is 29.7 Å². The number of phenolic OH excluding ortho intramolecular Hbond substituents is 1. The van der Waals surface area contributed by atoms with Crippen LogP contribution in [0, 0.1) is 0 Å². The van der Waals surface area contributed by atoms with Gasteiger partial charge in [-0.05, 0) is 52.6 Å². The molecule has 9 heteroatoms. The van der Waals surface area contributed by atoms with Crippen LogP contribution in [0.3, 0.4) is 0 Å². The number of hydrogen-bond acceptors (Lipinski definition) is 7. The number of Topliss-reactive ketones (excluding diaryl/α,β-unsaturated/α-hetero) is 1. The molecule has 5 aromatic carbocycles. The zero-order valence-electron chi connectivity index (χ0n) is 24.4. The molecule has 0 aliphatic heterocycles. The van der Waals surface area contributed by atoms with Gasteiger partial charge in [-0.1, -0.05) is 84.8 Å². The number of carboxylic acid groups (broad SMARTS) is 1. The molecule has 1 aliphatic carbocycles. The molecular formula is C36H30ClNO7. The molecule has 0 aromatic heterocycles. The quantitative estimate of drug-likeness (QED) is 0.160. The van der Waals surface area contributed by atoms with Crippen molar-refractivity contribution in [2.75, 3.05) is 7.05 Å². The van der Waals surface area contributed by atoms with Crippen molar-refractivity contribution in [3.63, 3.8) is 0 Å². The number of fused-ring (bicyclic) bond motifs is 2. The molecule has 6 rings (SSSR count). The molecule has 1 unspecified atom stereocenters. The molecule has 0 saturated heterocycles. The first-order chi connectivity index (χ1) is 21.6. The fraction of sp³-hybridized carbons (Fsp3) is 0.194. The number of rotatable bonds is 7. The number of aromatic carboxylic acids is 1. The predicted octanol–water partition coefficient (Wildman–Crippen LogP) is 7.39. The minimum absolute atomic E-state index is 0.0845. The van der Waals surface area contributed by atoms with Gasteiger partial charge in [-0.3, -0.25) is 4.79 Å². The third-order valence-electron chi connectivity index (χ3n) is 8.79. The maximum atomic E-state index is 13.9. The summed E-state index contributed by atoms with van der Waals surface area (Å²) >= 11 is 6.57. The van der Waals surface area contributed by atoms with Crippen molar-refractivity contribution in [3.8, 4) is 11.5 Å².